The van der Waals surface area contributed by atoms with E-state index in [1.54, 1.807) is 67.8 Å². The lowest BCUT2D eigenvalue weighted by Gasteiger charge is -2.24. The molecule has 8 heteroatoms. The number of ether oxygens (including phenoxy) is 1. The Bertz CT molecular complexity index is 1110. The van der Waals surface area contributed by atoms with Crippen LogP contribution in [0.5, 0.6) is 5.75 Å². The highest BCUT2D eigenvalue weighted by atomic mass is 16.5. The molecule has 0 saturated carbocycles. The first-order chi connectivity index (χ1) is 16.4. The van der Waals surface area contributed by atoms with Gasteiger partial charge < -0.3 is 25.1 Å². The van der Waals surface area contributed by atoms with Crippen molar-refractivity contribution >= 4 is 23.4 Å². The predicted molar refractivity (Wildman–Crippen MR) is 129 cm³/mol. The van der Waals surface area contributed by atoms with E-state index >= 15 is 0 Å². The Morgan fingerprint density at radius 2 is 1.71 bits per heavy atom. The minimum Gasteiger partial charge on any atom is -0.497 e. The number of benzene rings is 2. The zero-order valence-electron chi connectivity index (χ0n) is 19.5. The van der Waals surface area contributed by atoms with Crippen LogP contribution in [0.25, 0.3) is 0 Å². The summed E-state index contributed by atoms with van der Waals surface area (Å²) in [5, 5.41) is 8.42. The summed E-state index contributed by atoms with van der Waals surface area (Å²) in [7, 11) is 1.55. The number of anilines is 1. The van der Waals surface area contributed by atoms with Gasteiger partial charge >= 0.3 is 0 Å². The SMILES string of the molecule is CC[C@@H](C)[C@@H](NC(=O)c1ccccc1NC(=O)c1ccc(OC)cc1)C(=O)NCc1ccco1. The maximum Gasteiger partial charge on any atom is 0.255 e. The molecule has 0 saturated heterocycles. The molecule has 0 radical (unpaired) electrons. The first-order valence-corrected chi connectivity index (χ1v) is 11.1. The lowest BCUT2D eigenvalue weighted by atomic mass is 9.97. The van der Waals surface area contributed by atoms with E-state index in [4.69, 9.17) is 9.15 Å². The van der Waals surface area contributed by atoms with E-state index in [1.165, 1.54) is 6.26 Å². The molecule has 3 N–H and O–H groups in total. The number of carbonyl (C=O) groups is 3. The minimum atomic E-state index is -0.752. The molecule has 3 rings (SSSR count). The van der Waals surface area contributed by atoms with Gasteiger partial charge in [-0.2, -0.15) is 0 Å². The van der Waals surface area contributed by atoms with Crippen LogP contribution >= 0.6 is 0 Å². The topological polar surface area (TPSA) is 110 Å². The molecule has 1 heterocycles. The Morgan fingerprint density at radius 1 is 0.971 bits per heavy atom. The fourth-order valence-corrected chi connectivity index (χ4v) is 3.35. The van der Waals surface area contributed by atoms with Gasteiger partial charge in [-0.3, -0.25) is 14.4 Å². The van der Waals surface area contributed by atoms with Gasteiger partial charge in [-0.25, -0.2) is 0 Å². The average molecular weight is 464 g/mol. The quantitative estimate of drug-likeness (QED) is 0.421. The number of methoxy groups -OCH3 is 1. The van der Waals surface area contributed by atoms with E-state index in [2.05, 4.69) is 16.0 Å². The van der Waals surface area contributed by atoms with Crippen LogP contribution in [0.15, 0.2) is 71.3 Å². The number of para-hydroxylation sites is 1. The van der Waals surface area contributed by atoms with Crippen molar-refractivity contribution in [2.45, 2.75) is 32.9 Å². The molecule has 2 aromatic carbocycles. The van der Waals surface area contributed by atoms with Crippen LogP contribution in [0.4, 0.5) is 5.69 Å². The van der Waals surface area contributed by atoms with Crippen molar-refractivity contribution in [1.29, 1.82) is 0 Å². The Kier molecular flexibility index (Phi) is 8.45. The molecule has 3 aromatic rings. The van der Waals surface area contributed by atoms with Crippen LogP contribution in [-0.2, 0) is 11.3 Å². The predicted octanol–water partition coefficient (Wildman–Crippen LogP) is 4.00. The molecule has 0 spiro atoms. The van der Waals surface area contributed by atoms with Crippen molar-refractivity contribution in [3.05, 3.63) is 83.8 Å². The summed E-state index contributed by atoms with van der Waals surface area (Å²) in [6.45, 7) is 4.07. The van der Waals surface area contributed by atoms with Crippen LogP contribution in [0.2, 0.25) is 0 Å². The van der Waals surface area contributed by atoms with Crippen molar-refractivity contribution in [2.75, 3.05) is 12.4 Å². The summed E-state index contributed by atoms with van der Waals surface area (Å²) in [6.07, 6.45) is 2.22. The number of amides is 3. The van der Waals surface area contributed by atoms with E-state index in [9.17, 15) is 14.4 Å². The molecule has 0 bridgehead atoms. The first kappa shape index (κ1) is 24.6. The number of furan rings is 1. The van der Waals surface area contributed by atoms with E-state index in [0.717, 1.165) is 0 Å². The fourth-order valence-electron chi connectivity index (χ4n) is 3.35. The summed E-state index contributed by atoms with van der Waals surface area (Å²) >= 11 is 0. The highest BCUT2D eigenvalue weighted by Gasteiger charge is 2.27. The molecule has 34 heavy (non-hydrogen) atoms. The first-order valence-electron chi connectivity index (χ1n) is 11.1. The van der Waals surface area contributed by atoms with E-state index in [0.29, 0.717) is 29.2 Å². The number of carbonyl (C=O) groups excluding carboxylic acids is 3. The molecule has 178 valence electrons. The zero-order valence-corrected chi connectivity index (χ0v) is 19.5. The second-order valence-electron chi connectivity index (χ2n) is 7.86. The van der Waals surface area contributed by atoms with Gasteiger partial charge in [0.1, 0.15) is 17.6 Å². The Hall–Kier alpha value is -4.07. The van der Waals surface area contributed by atoms with Gasteiger partial charge in [0.15, 0.2) is 0 Å². The van der Waals surface area contributed by atoms with Crippen molar-refractivity contribution in [3.63, 3.8) is 0 Å². The normalized spacial score (nSPS) is 12.3. The molecule has 0 aliphatic rings. The average Bonchev–Trinajstić information content (AvgIpc) is 3.39. The Morgan fingerprint density at radius 3 is 2.35 bits per heavy atom. The third kappa shape index (κ3) is 6.25. The maximum absolute atomic E-state index is 13.2. The molecule has 0 aliphatic carbocycles. The zero-order chi connectivity index (χ0) is 24.5. The largest absolute Gasteiger partial charge is 0.497 e. The number of hydrogen-bond acceptors (Lipinski definition) is 5. The third-order valence-corrected chi connectivity index (χ3v) is 5.57. The minimum absolute atomic E-state index is 0.110. The van der Waals surface area contributed by atoms with Crippen molar-refractivity contribution in [2.24, 2.45) is 5.92 Å². The monoisotopic (exact) mass is 463 g/mol. The van der Waals surface area contributed by atoms with E-state index in [-0.39, 0.29) is 29.8 Å². The molecule has 2 atom stereocenters. The van der Waals surface area contributed by atoms with Gasteiger partial charge in [0.05, 0.1) is 31.2 Å². The molecular weight excluding hydrogens is 434 g/mol. The summed E-state index contributed by atoms with van der Waals surface area (Å²) in [5.41, 5.74) is 1.03. The Labute approximate surface area is 198 Å². The summed E-state index contributed by atoms with van der Waals surface area (Å²) < 4.78 is 10.4. The lowest BCUT2D eigenvalue weighted by Crippen LogP contribution is -2.50. The number of hydrogen-bond donors (Lipinski definition) is 3. The van der Waals surface area contributed by atoms with Gasteiger partial charge in [0.25, 0.3) is 11.8 Å². The standard InChI is InChI=1S/C26H29N3O5/c1-4-17(2)23(26(32)27-16-20-8-7-15-34-20)29-25(31)21-9-5-6-10-22(21)28-24(30)18-11-13-19(33-3)14-12-18/h5-15,17,23H,4,16H2,1-3H3,(H,27,32)(H,28,30)(H,29,31)/t17-,23-/m1/s1. The van der Waals surface area contributed by atoms with Crippen LogP contribution < -0.4 is 20.7 Å². The van der Waals surface area contributed by atoms with Gasteiger partial charge in [-0.15, -0.1) is 0 Å². The lowest BCUT2D eigenvalue weighted by molar-refractivity contribution is -0.124. The van der Waals surface area contributed by atoms with Gasteiger partial charge in [-0.05, 0) is 54.4 Å². The fraction of sp³-hybridized carbons (Fsp3) is 0.269. The van der Waals surface area contributed by atoms with Crippen LogP contribution in [0.3, 0.4) is 0 Å². The summed E-state index contributed by atoms with van der Waals surface area (Å²) in [4.78, 5) is 38.7. The highest BCUT2D eigenvalue weighted by molar-refractivity contribution is 6.09. The number of nitrogens with one attached hydrogen (secondary N) is 3. The molecule has 8 nitrogen and oxygen atoms in total. The Balaban J connectivity index is 1.72. The second kappa shape index (κ2) is 11.7. The molecule has 3 amide bonds. The molecule has 0 aliphatic heterocycles. The van der Waals surface area contributed by atoms with Crippen molar-refractivity contribution < 1.29 is 23.5 Å². The molecule has 0 fully saturated rings. The van der Waals surface area contributed by atoms with Crippen LogP contribution in [0, 0.1) is 5.92 Å². The highest BCUT2D eigenvalue weighted by Crippen LogP contribution is 2.19. The summed E-state index contributed by atoms with van der Waals surface area (Å²) in [5.74, 6) is 0.0222. The van der Waals surface area contributed by atoms with Crippen LogP contribution in [-0.4, -0.2) is 30.9 Å². The number of rotatable bonds is 10. The molecular formula is C26H29N3O5. The second-order valence-corrected chi connectivity index (χ2v) is 7.86. The molecule has 0 unspecified atom stereocenters. The van der Waals surface area contributed by atoms with E-state index in [1.807, 2.05) is 13.8 Å². The van der Waals surface area contributed by atoms with Crippen molar-refractivity contribution in [3.8, 4) is 5.75 Å². The van der Waals surface area contributed by atoms with Crippen LogP contribution in [0.1, 0.15) is 46.7 Å². The van der Waals surface area contributed by atoms with Gasteiger partial charge in [0.2, 0.25) is 5.91 Å². The maximum atomic E-state index is 13.2. The third-order valence-electron chi connectivity index (χ3n) is 5.57. The van der Waals surface area contributed by atoms with E-state index < -0.39 is 11.9 Å². The summed E-state index contributed by atoms with van der Waals surface area (Å²) in [6, 6.07) is 16.1. The smallest absolute Gasteiger partial charge is 0.255 e. The van der Waals surface area contributed by atoms with Crippen molar-refractivity contribution in [1.82, 2.24) is 10.6 Å². The molecule has 1 aromatic heterocycles. The van der Waals surface area contributed by atoms with Gasteiger partial charge in [-0.1, -0.05) is 32.4 Å². The van der Waals surface area contributed by atoms with Gasteiger partial charge in [0, 0.05) is 5.56 Å².